The van der Waals surface area contributed by atoms with Gasteiger partial charge >= 0.3 is 0 Å². The Bertz CT molecular complexity index is 451. The van der Waals surface area contributed by atoms with Crippen molar-refractivity contribution in [2.24, 2.45) is 5.73 Å². The van der Waals surface area contributed by atoms with Gasteiger partial charge in [-0.25, -0.2) is 4.98 Å². The molecule has 0 aromatic carbocycles. The molecule has 0 spiro atoms. The van der Waals surface area contributed by atoms with Crippen LogP contribution < -0.4 is 10.5 Å². The Labute approximate surface area is 115 Å². The van der Waals surface area contributed by atoms with Gasteiger partial charge in [-0.15, -0.1) is 0 Å². The van der Waals surface area contributed by atoms with Gasteiger partial charge in [-0.05, 0) is 19.8 Å². The average Bonchev–Trinajstić information content (AvgIpc) is 2.87. The van der Waals surface area contributed by atoms with Gasteiger partial charge in [-0.1, -0.05) is 26.7 Å². The molecule has 2 rings (SSSR count). The van der Waals surface area contributed by atoms with Crippen molar-refractivity contribution in [2.45, 2.75) is 57.8 Å². The van der Waals surface area contributed by atoms with Gasteiger partial charge in [0.1, 0.15) is 5.82 Å². The zero-order valence-corrected chi connectivity index (χ0v) is 12.5. The van der Waals surface area contributed by atoms with Crippen molar-refractivity contribution >= 4 is 0 Å². The van der Waals surface area contributed by atoms with E-state index in [1.165, 1.54) is 12.8 Å². The van der Waals surface area contributed by atoms with Crippen LogP contribution in [0.1, 0.15) is 62.5 Å². The van der Waals surface area contributed by atoms with Crippen LogP contribution in [-0.2, 0) is 5.41 Å². The van der Waals surface area contributed by atoms with Crippen molar-refractivity contribution < 1.29 is 4.74 Å². The Morgan fingerprint density at radius 3 is 2.37 bits per heavy atom. The van der Waals surface area contributed by atoms with E-state index in [0.29, 0.717) is 12.5 Å². The molecular formula is C15H25N3O. The second-order valence-electron chi connectivity index (χ2n) is 5.90. The number of hydrogen-bond acceptors (Lipinski definition) is 4. The van der Waals surface area contributed by atoms with Crippen molar-refractivity contribution in [1.82, 2.24) is 9.97 Å². The van der Waals surface area contributed by atoms with Crippen LogP contribution in [0.25, 0.3) is 0 Å². The molecule has 0 saturated heterocycles. The smallest absolute Gasteiger partial charge is 0.220 e. The third kappa shape index (κ3) is 2.46. The predicted octanol–water partition coefficient (Wildman–Crippen LogP) is 2.69. The molecule has 0 aliphatic heterocycles. The minimum Gasteiger partial charge on any atom is -0.481 e. The number of aromatic nitrogens is 2. The highest BCUT2D eigenvalue weighted by Gasteiger charge is 2.39. The van der Waals surface area contributed by atoms with Gasteiger partial charge in [0.25, 0.3) is 0 Å². The van der Waals surface area contributed by atoms with Crippen LogP contribution in [0.4, 0.5) is 0 Å². The normalized spacial score (nSPS) is 18.0. The molecule has 0 radical (unpaired) electrons. The highest BCUT2D eigenvalue weighted by Crippen LogP contribution is 2.44. The van der Waals surface area contributed by atoms with Crippen LogP contribution in [-0.4, -0.2) is 23.6 Å². The first-order valence-corrected chi connectivity index (χ1v) is 7.17. The monoisotopic (exact) mass is 263 g/mol. The van der Waals surface area contributed by atoms with E-state index in [-0.39, 0.29) is 5.41 Å². The van der Waals surface area contributed by atoms with E-state index in [1.807, 2.05) is 0 Å². The Morgan fingerprint density at radius 1 is 1.26 bits per heavy atom. The minimum atomic E-state index is 0.0188. The Morgan fingerprint density at radius 2 is 1.89 bits per heavy atom. The van der Waals surface area contributed by atoms with Gasteiger partial charge in [0.2, 0.25) is 5.88 Å². The minimum absolute atomic E-state index is 0.0188. The number of aryl methyl sites for hydroxylation is 1. The summed E-state index contributed by atoms with van der Waals surface area (Å²) >= 11 is 0. The highest BCUT2D eigenvalue weighted by atomic mass is 16.5. The lowest BCUT2D eigenvalue weighted by molar-refractivity contribution is 0.357. The maximum absolute atomic E-state index is 6.08. The van der Waals surface area contributed by atoms with Crippen LogP contribution in [0.5, 0.6) is 5.88 Å². The molecule has 1 aliphatic rings. The summed E-state index contributed by atoms with van der Waals surface area (Å²) < 4.78 is 5.55. The van der Waals surface area contributed by atoms with Gasteiger partial charge in [0.15, 0.2) is 0 Å². The van der Waals surface area contributed by atoms with Gasteiger partial charge < -0.3 is 10.5 Å². The summed E-state index contributed by atoms with van der Waals surface area (Å²) in [6.07, 6.45) is 4.69. The standard InChI is InChI=1S/C15H25N3O/c1-10(2)13-17-11(3)12(14(18-13)19-4)15(9-16)7-5-6-8-15/h10H,5-9,16H2,1-4H3. The Hall–Kier alpha value is -1.16. The summed E-state index contributed by atoms with van der Waals surface area (Å²) in [6.45, 7) is 6.90. The molecule has 1 aliphatic carbocycles. The number of nitrogens with zero attached hydrogens (tertiary/aromatic N) is 2. The lowest BCUT2D eigenvalue weighted by Crippen LogP contribution is -2.34. The number of nitrogens with two attached hydrogens (primary N) is 1. The van der Waals surface area contributed by atoms with Crippen molar-refractivity contribution in [1.29, 1.82) is 0 Å². The highest BCUT2D eigenvalue weighted by molar-refractivity contribution is 5.39. The molecule has 1 saturated carbocycles. The van der Waals surface area contributed by atoms with Crippen molar-refractivity contribution in [2.75, 3.05) is 13.7 Å². The summed E-state index contributed by atoms with van der Waals surface area (Å²) in [5.41, 5.74) is 8.27. The first-order chi connectivity index (χ1) is 9.04. The molecule has 2 N–H and O–H groups in total. The predicted molar refractivity (Wildman–Crippen MR) is 76.6 cm³/mol. The summed E-state index contributed by atoms with van der Waals surface area (Å²) in [7, 11) is 1.69. The van der Waals surface area contributed by atoms with Crippen LogP contribution in [0, 0.1) is 6.92 Å². The van der Waals surface area contributed by atoms with Crippen LogP contribution in [0.15, 0.2) is 0 Å². The number of rotatable bonds is 4. The fourth-order valence-corrected chi connectivity index (χ4v) is 3.19. The summed E-state index contributed by atoms with van der Waals surface area (Å²) in [6, 6.07) is 0. The van der Waals surface area contributed by atoms with Crippen molar-refractivity contribution in [3.05, 3.63) is 17.1 Å². The molecule has 4 nitrogen and oxygen atoms in total. The molecule has 0 unspecified atom stereocenters. The fraction of sp³-hybridized carbons (Fsp3) is 0.733. The molecule has 0 bridgehead atoms. The molecule has 1 fully saturated rings. The molecule has 1 aromatic heterocycles. The number of methoxy groups -OCH3 is 1. The molecule has 1 aromatic rings. The van der Waals surface area contributed by atoms with Gasteiger partial charge in [0, 0.05) is 29.1 Å². The molecule has 0 atom stereocenters. The largest absolute Gasteiger partial charge is 0.481 e. The Balaban J connectivity index is 2.56. The molecule has 19 heavy (non-hydrogen) atoms. The zero-order chi connectivity index (χ0) is 14.0. The summed E-state index contributed by atoms with van der Waals surface area (Å²) in [4.78, 5) is 9.27. The maximum atomic E-state index is 6.08. The second-order valence-corrected chi connectivity index (χ2v) is 5.90. The molecule has 0 amide bonds. The van der Waals surface area contributed by atoms with Crippen LogP contribution >= 0.6 is 0 Å². The van der Waals surface area contributed by atoms with Crippen LogP contribution in [0.3, 0.4) is 0 Å². The third-order valence-electron chi connectivity index (χ3n) is 4.27. The van der Waals surface area contributed by atoms with E-state index in [2.05, 4.69) is 30.7 Å². The molecule has 1 heterocycles. The van der Waals surface area contributed by atoms with E-state index < -0.39 is 0 Å². The van der Waals surface area contributed by atoms with Crippen molar-refractivity contribution in [3.8, 4) is 5.88 Å². The van der Waals surface area contributed by atoms with Gasteiger partial charge in [-0.2, -0.15) is 4.98 Å². The van der Waals surface area contributed by atoms with Crippen molar-refractivity contribution in [3.63, 3.8) is 0 Å². The topological polar surface area (TPSA) is 61.0 Å². The SMILES string of the molecule is COc1nc(C(C)C)nc(C)c1C1(CN)CCCC1. The molecule has 4 heteroatoms. The van der Waals surface area contributed by atoms with E-state index in [0.717, 1.165) is 35.8 Å². The first-order valence-electron chi connectivity index (χ1n) is 7.17. The van der Waals surface area contributed by atoms with Gasteiger partial charge in [0.05, 0.1) is 7.11 Å². The zero-order valence-electron chi connectivity index (χ0n) is 12.5. The number of hydrogen-bond donors (Lipinski definition) is 1. The summed E-state index contributed by atoms with van der Waals surface area (Å²) in [5, 5.41) is 0. The van der Waals surface area contributed by atoms with Crippen LogP contribution in [0.2, 0.25) is 0 Å². The van der Waals surface area contributed by atoms with E-state index in [4.69, 9.17) is 10.5 Å². The third-order valence-corrected chi connectivity index (χ3v) is 4.27. The fourth-order valence-electron chi connectivity index (χ4n) is 3.19. The lowest BCUT2D eigenvalue weighted by Gasteiger charge is -2.30. The van der Waals surface area contributed by atoms with E-state index >= 15 is 0 Å². The number of ether oxygens (including phenoxy) is 1. The second kappa shape index (κ2) is 5.45. The lowest BCUT2D eigenvalue weighted by atomic mass is 9.78. The Kier molecular flexibility index (Phi) is 4.09. The van der Waals surface area contributed by atoms with E-state index in [9.17, 15) is 0 Å². The molecule has 106 valence electrons. The quantitative estimate of drug-likeness (QED) is 0.907. The average molecular weight is 263 g/mol. The first kappa shape index (κ1) is 14.3. The van der Waals surface area contributed by atoms with E-state index in [1.54, 1.807) is 7.11 Å². The van der Waals surface area contributed by atoms with Gasteiger partial charge in [-0.3, -0.25) is 0 Å². The summed E-state index contributed by atoms with van der Waals surface area (Å²) in [5.74, 6) is 1.88. The molecular weight excluding hydrogens is 238 g/mol. The maximum Gasteiger partial charge on any atom is 0.220 e.